The normalized spacial score (nSPS) is 42.7. The molecule has 2 N–H and O–H groups in total. The van der Waals surface area contributed by atoms with Gasteiger partial charge >= 0.3 is 0 Å². The number of fused-ring (bicyclic) bond motifs is 5. The van der Waals surface area contributed by atoms with E-state index in [4.69, 9.17) is 0 Å². The van der Waals surface area contributed by atoms with Crippen LogP contribution in [0, 0.1) is 17.3 Å². The number of rotatable bonds is 0. The summed E-state index contributed by atoms with van der Waals surface area (Å²) in [7, 11) is 0. The van der Waals surface area contributed by atoms with Crippen molar-refractivity contribution in [2.24, 2.45) is 17.3 Å². The number of benzene rings is 1. The van der Waals surface area contributed by atoms with Crippen molar-refractivity contribution in [3.8, 4) is 5.75 Å². The van der Waals surface area contributed by atoms with Crippen LogP contribution in [0.25, 0.3) is 0 Å². The number of hydrogen-bond donors (Lipinski definition) is 2. The summed E-state index contributed by atoms with van der Waals surface area (Å²) in [6.45, 7) is 2.32. The summed E-state index contributed by atoms with van der Waals surface area (Å²) in [4.78, 5) is 0. The van der Waals surface area contributed by atoms with Crippen LogP contribution in [0.3, 0.4) is 0 Å². The first kappa shape index (κ1) is 12.7. The average Bonchev–Trinajstić information content (AvgIpc) is 2.74. The van der Waals surface area contributed by atoms with Crippen molar-refractivity contribution in [3.63, 3.8) is 0 Å². The van der Waals surface area contributed by atoms with Gasteiger partial charge in [-0.15, -0.1) is 0 Å². The van der Waals surface area contributed by atoms with E-state index in [0.29, 0.717) is 17.6 Å². The smallest absolute Gasteiger partial charge is 0.115 e. The van der Waals surface area contributed by atoms with E-state index in [0.717, 1.165) is 25.2 Å². The molecular formula is C18H24O2. The molecule has 0 bridgehead atoms. The molecule has 0 amide bonds. The van der Waals surface area contributed by atoms with Gasteiger partial charge in [-0.1, -0.05) is 13.0 Å². The molecule has 0 unspecified atom stereocenters. The van der Waals surface area contributed by atoms with Gasteiger partial charge in [0, 0.05) is 0 Å². The highest BCUT2D eigenvalue weighted by atomic mass is 16.4. The highest BCUT2D eigenvalue weighted by Gasteiger charge is 2.54. The molecule has 0 radical (unpaired) electrons. The number of aliphatic hydroxyl groups is 1. The van der Waals surface area contributed by atoms with Crippen LogP contribution in [0.1, 0.15) is 56.1 Å². The number of aryl methyl sites for hydroxylation is 1. The zero-order chi connectivity index (χ0) is 13.9. The minimum Gasteiger partial charge on any atom is -0.508 e. The Balaban J connectivity index is 1.71. The van der Waals surface area contributed by atoms with Gasteiger partial charge in [0.1, 0.15) is 5.75 Å². The van der Waals surface area contributed by atoms with Gasteiger partial charge in [-0.2, -0.15) is 0 Å². The predicted molar refractivity (Wildman–Crippen MR) is 78.7 cm³/mol. The molecule has 0 saturated heterocycles. The van der Waals surface area contributed by atoms with E-state index in [1.165, 1.54) is 30.4 Å². The molecule has 2 saturated carbocycles. The molecule has 0 spiro atoms. The van der Waals surface area contributed by atoms with Crippen molar-refractivity contribution in [1.82, 2.24) is 0 Å². The summed E-state index contributed by atoms with van der Waals surface area (Å²) in [5, 5.41) is 20.0. The first-order chi connectivity index (χ1) is 9.59. The molecule has 5 atom stereocenters. The second kappa shape index (κ2) is 4.24. The van der Waals surface area contributed by atoms with Crippen molar-refractivity contribution in [3.05, 3.63) is 29.3 Å². The number of phenols is 1. The monoisotopic (exact) mass is 278 g/mol. The number of hydrogen-bond acceptors (Lipinski definition) is 2. The van der Waals surface area contributed by atoms with E-state index in [9.17, 15) is 10.2 Å². The van der Waals surface area contributed by atoms with Crippen molar-refractivity contribution in [2.45, 2.75) is 57.5 Å². The lowest BCUT2D eigenvalue weighted by atomic mass is 9.73. The maximum Gasteiger partial charge on any atom is 0.115 e. The lowest BCUT2D eigenvalue weighted by molar-refractivity contribution is -0.0226. The lowest BCUT2D eigenvalue weighted by Gasteiger charge is -2.50. The molecule has 0 aromatic heterocycles. The van der Waals surface area contributed by atoms with E-state index in [-0.39, 0.29) is 11.5 Å². The van der Waals surface area contributed by atoms with Crippen LogP contribution >= 0.6 is 0 Å². The Hall–Kier alpha value is -1.02. The third-order valence-electron chi connectivity index (χ3n) is 6.66. The van der Waals surface area contributed by atoms with Crippen molar-refractivity contribution >= 4 is 0 Å². The first-order valence-corrected chi connectivity index (χ1v) is 8.09. The van der Waals surface area contributed by atoms with Crippen LogP contribution in [0.15, 0.2) is 18.2 Å². The van der Waals surface area contributed by atoms with E-state index in [2.05, 4.69) is 13.0 Å². The van der Waals surface area contributed by atoms with Crippen LogP contribution in [0.4, 0.5) is 0 Å². The van der Waals surface area contributed by atoms with Crippen molar-refractivity contribution in [2.75, 3.05) is 0 Å². The Labute approximate surface area is 120 Å². The Morgan fingerprint density at radius 1 is 1.15 bits per heavy atom. The summed E-state index contributed by atoms with van der Waals surface area (Å²) >= 11 is 0. The van der Waals surface area contributed by atoms with Gasteiger partial charge in [0.25, 0.3) is 0 Å². The van der Waals surface area contributed by atoms with Gasteiger partial charge in [-0.3, -0.25) is 0 Å². The quantitative estimate of drug-likeness (QED) is 0.712. The molecule has 2 heteroatoms. The third-order valence-corrected chi connectivity index (χ3v) is 6.66. The summed E-state index contributed by atoms with van der Waals surface area (Å²) in [5.41, 5.74) is 2.99. The van der Waals surface area contributed by atoms with Crippen LogP contribution in [0.5, 0.6) is 5.75 Å². The summed E-state index contributed by atoms with van der Waals surface area (Å²) < 4.78 is 0. The standard InChI is InChI=1S/C18H24O2/c1-18-9-8-14-13-5-3-12(19)10-11(13)2-4-15(14)16(18)6-7-17(18)20/h3,5,10,14-17,19-20H,2,4,6-9H2,1H3/t14-,15-,16+,17+,18+/m1/s1/i1+1,6+1,7+1,16+1,17+1,18+1. The Morgan fingerprint density at radius 3 is 2.85 bits per heavy atom. The fourth-order valence-corrected chi connectivity index (χ4v) is 5.54. The Bertz CT molecular complexity index is 538. The maximum absolute atomic E-state index is 10.4. The zero-order valence-corrected chi connectivity index (χ0v) is 12.2. The first-order valence-electron chi connectivity index (χ1n) is 8.09. The lowest BCUT2D eigenvalue weighted by Crippen LogP contribution is -2.43. The third kappa shape index (κ3) is 1.60. The number of phenolic OH excluding ortho intramolecular Hbond substituents is 1. The van der Waals surface area contributed by atoms with E-state index < -0.39 is 0 Å². The van der Waals surface area contributed by atoms with Crippen LogP contribution in [-0.2, 0) is 6.42 Å². The van der Waals surface area contributed by atoms with Gasteiger partial charge in [-0.25, -0.2) is 0 Å². The Morgan fingerprint density at radius 2 is 2.00 bits per heavy atom. The van der Waals surface area contributed by atoms with Gasteiger partial charge in [0.15, 0.2) is 0 Å². The van der Waals surface area contributed by atoms with Gasteiger partial charge < -0.3 is 10.2 Å². The second-order valence-corrected chi connectivity index (χ2v) is 7.44. The average molecular weight is 278 g/mol. The van der Waals surface area contributed by atoms with Gasteiger partial charge in [0.05, 0.1) is 6.10 Å². The van der Waals surface area contributed by atoms with E-state index in [1.807, 2.05) is 12.1 Å². The maximum atomic E-state index is 10.4. The van der Waals surface area contributed by atoms with Gasteiger partial charge in [-0.05, 0) is 85.0 Å². The SMILES string of the molecule is [13CH3][13C@]12CC[C@@H]3c4ccc(O)cc4CC[C@H]3[13C@@H]1[13CH2][13CH2][13C@@H]2O. The fraction of sp³-hybridized carbons (Fsp3) is 0.667. The number of aromatic hydroxyl groups is 1. The molecule has 1 aromatic rings. The minimum absolute atomic E-state index is 0.0883. The molecule has 108 valence electrons. The molecule has 4 rings (SSSR count). The highest BCUT2D eigenvalue weighted by Crippen LogP contribution is 2.60. The largest absolute Gasteiger partial charge is 0.508 e. The topological polar surface area (TPSA) is 40.5 Å². The summed E-state index contributed by atoms with van der Waals surface area (Å²) in [6.07, 6.45) is 6.78. The fourth-order valence-electron chi connectivity index (χ4n) is 5.54. The van der Waals surface area contributed by atoms with Crippen molar-refractivity contribution < 1.29 is 10.2 Å². The number of aliphatic hydroxyl groups excluding tert-OH is 1. The summed E-state index contributed by atoms with van der Waals surface area (Å²) in [6, 6.07) is 5.96. The molecular weight excluding hydrogens is 254 g/mol. The van der Waals surface area contributed by atoms with E-state index >= 15 is 0 Å². The highest BCUT2D eigenvalue weighted by molar-refractivity contribution is 5.40. The molecule has 20 heavy (non-hydrogen) atoms. The Kier molecular flexibility index (Phi) is 2.69. The molecule has 3 aliphatic rings. The van der Waals surface area contributed by atoms with Crippen LogP contribution in [0.2, 0.25) is 0 Å². The van der Waals surface area contributed by atoms with E-state index in [1.54, 1.807) is 0 Å². The van der Waals surface area contributed by atoms with Gasteiger partial charge in [0.2, 0.25) is 0 Å². The van der Waals surface area contributed by atoms with Crippen LogP contribution in [-0.4, -0.2) is 16.3 Å². The molecule has 0 heterocycles. The molecule has 2 fully saturated rings. The second-order valence-electron chi connectivity index (χ2n) is 7.44. The molecule has 2 nitrogen and oxygen atoms in total. The molecule has 0 aliphatic heterocycles. The van der Waals surface area contributed by atoms with Crippen molar-refractivity contribution in [1.29, 1.82) is 0 Å². The molecule has 1 aromatic carbocycles. The zero-order valence-electron chi connectivity index (χ0n) is 12.2. The van der Waals surface area contributed by atoms with Crippen LogP contribution < -0.4 is 0 Å². The predicted octanol–water partition coefficient (Wildman–Crippen LogP) is 3.61. The molecule has 3 aliphatic carbocycles. The summed E-state index contributed by atoms with van der Waals surface area (Å²) in [5.74, 6) is 2.49. The minimum atomic E-state index is -0.0883.